The van der Waals surface area contributed by atoms with Gasteiger partial charge in [0.2, 0.25) is 5.75 Å². The van der Waals surface area contributed by atoms with Crippen molar-refractivity contribution in [2.45, 2.75) is 26.2 Å². The Morgan fingerprint density at radius 3 is 2.79 bits per heavy atom. The molecule has 0 spiro atoms. The Balaban J connectivity index is 2.18. The first kappa shape index (κ1) is 23.9. The first-order chi connectivity index (χ1) is 15.8. The Kier molecular flexibility index (Phi) is 7.40. The molecule has 0 aliphatic heterocycles. The molecule has 0 unspecified atom stereocenters. The molecule has 1 atom stereocenters. The molecule has 0 aliphatic rings. The number of nitro benzene ring substituents is 1. The van der Waals surface area contributed by atoms with E-state index in [0.717, 1.165) is 10.9 Å². The van der Waals surface area contributed by atoms with Gasteiger partial charge in [0.05, 0.1) is 29.2 Å². The molecule has 3 rings (SSSR count). The zero-order chi connectivity index (χ0) is 24.1. The van der Waals surface area contributed by atoms with Gasteiger partial charge in [-0.05, 0) is 30.7 Å². The Bertz CT molecular complexity index is 1350. The largest absolute Gasteiger partial charge is 0.493 e. The van der Waals surface area contributed by atoms with E-state index in [1.165, 1.54) is 30.1 Å². The van der Waals surface area contributed by atoms with Gasteiger partial charge in [-0.2, -0.15) is 15.0 Å². The van der Waals surface area contributed by atoms with E-state index in [4.69, 9.17) is 14.7 Å². The van der Waals surface area contributed by atoms with E-state index in [-0.39, 0.29) is 35.3 Å². The Morgan fingerprint density at radius 2 is 2.15 bits per heavy atom. The summed E-state index contributed by atoms with van der Waals surface area (Å²) in [4.78, 5) is 28.8. The molecule has 1 aromatic heterocycles. The topological polar surface area (TPSA) is 133 Å². The summed E-state index contributed by atoms with van der Waals surface area (Å²) in [6.45, 7) is 3.54. The van der Waals surface area contributed by atoms with Crippen molar-refractivity contribution < 1.29 is 14.4 Å². The fourth-order valence-electron chi connectivity index (χ4n) is 3.12. The molecule has 0 bridgehead atoms. The van der Waals surface area contributed by atoms with Gasteiger partial charge in [-0.1, -0.05) is 29.8 Å². The molecule has 0 fully saturated rings. The predicted octanol–water partition coefficient (Wildman–Crippen LogP) is 4.37. The lowest BCUT2D eigenvalue weighted by Crippen LogP contribution is -2.23. The second kappa shape index (κ2) is 10.2. The SMILES string of the molecule is CC[C@@H](C)c1nc2ccc(Br)cc2c(=O)n1N=Cc1cc(OC)c(OCC#N)c([N+](=O)[O-])c1. The van der Waals surface area contributed by atoms with Crippen molar-refractivity contribution in [1.29, 1.82) is 5.26 Å². The number of nitro groups is 1. The van der Waals surface area contributed by atoms with Crippen LogP contribution in [-0.4, -0.2) is 34.5 Å². The molecular weight excluding hydrogens is 494 g/mol. The number of nitriles is 1. The second-order valence-corrected chi connectivity index (χ2v) is 7.99. The molecule has 0 radical (unpaired) electrons. The number of benzene rings is 2. The van der Waals surface area contributed by atoms with E-state index in [9.17, 15) is 14.9 Å². The lowest BCUT2D eigenvalue weighted by Gasteiger charge is -2.14. The van der Waals surface area contributed by atoms with E-state index in [1.807, 2.05) is 19.9 Å². The maximum atomic E-state index is 13.2. The molecule has 0 N–H and O–H groups in total. The fraction of sp³-hybridized carbons (Fsp3) is 0.273. The summed E-state index contributed by atoms with van der Waals surface area (Å²) in [7, 11) is 1.33. The van der Waals surface area contributed by atoms with Gasteiger partial charge in [-0.25, -0.2) is 4.98 Å². The highest BCUT2D eigenvalue weighted by molar-refractivity contribution is 9.10. The van der Waals surface area contributed by atoms with Crippen molar-refractivity contribution in [2.24, 2.45) is 5.10 Å². The number of rotatable bonds is 8. The molecule has 2 aromatic carbocycles. The number of aromatic nitrogens is 2. The van der Waals surface area contributed by atoms with E-state index in [1.54, 1.807) is 18.2 Å². The van der Waals surface area contributed by atoms with E-state index < -0.39 is 4.92 Å². The Hall–Kier alpha value is -3.78. The van der Waals surface area contributed by atoms with E-state index in [2.05, 4.69) is 26.0 Å². The number of fused-ring (bicyclic) bond motifs is 1. The van der Waals surface area contributed by atoms with E-state index >= 15 is 0 Å². The average molecular weight is 514 g/mol. The molecule has 1 heterocycles. The summed E-state index contributed by atoms with van der Waals surface area (Å²) in [5, 5.41) is 25.0. The number of methoxy groups -OCH3 is 1. The standard InChI is InChI=1S/C22H20BrN5O5/c1-4-13(2)21-26-17-6-5-15(23)11-16(17)22(29)27(21)25-12-14-9-18(28(30)31)20(33-8-7-24)19(10-14)32-3/h5-6,9-13H,4,8H2,1-3H3/t13-/m1/s1. The quantitative estimate of drug-likeness (QED) is 0.248. The smallest absolute Gasteiger partial charge is 0.315 e. The van der Waals surface area contributed by atoms with Gasteiger partial charge in [0.25, 0.3) is 5.56 Å². The monoisotopic (exact) mass is 513 g/mol. The summed E-state index contributed by atoms with van der Waals surface area (Å²) in [6.07, 6.45) is 2.05. The van der Waals surface area contributed by atoms with Crippen molar-refractivity contribution in [3.8, 4) is 17.6 Å². The molecule has 170 valence electrons. The molecular formula is C22H20BrN5O5. The number of hydrogen-bond acceptors (Lipinski definition) is 8. The molecule has 33 heavy (non-hydrogen) atoms. The molecule has 0 saturated heterocycles. The molecule has 0 saturated carbocycles. The van der Waals surface area contributed by atoms with Crippen LogP contribution in [0.2, 0.25) is 0 Å². The first-order valence-corrected chi connectivity index (χ1v) is 10.7. The van der Waals surface area contributed by atoms with Crippen molar-refractivity contribution in [3.05, 3.63) is 66.7 Å². The third kappa shape index (κ3) is 5.01. The van der Waals surface area contributed by atoms with Crippen LogP contribution in [0.1, 0.15) is 37.6 Å². The lowest BCUT2D eigenvalue weighted by atomic mass is 10.1. The highest BCUT2D eigenvalue weighted by atomic mass is 79.9. The van der Waals surface area contributed by atoms with Gasteiger partial charge in [0, 0.05) is 22.0 Å². The second-order valence-electron chi connectivity index (χ2n) is 7.08. The van der Waals surface area contributed by atoms with Gasteiger partial charge >= 0.3 is 5.69 Å². The van der Waals surface area contributed by atoms with Crippen LogP contribution in [0.15, 0.2) is 44.7 Å². The lowest BCUT2D eigenvalue weighted by molar-refractivity contribution is -0.385. The maximum Gasteiger partial charge on any atom is 0.315 e. The minimum atomic E-state index is -0.640. The molecule has 11 heteroatoms. The highest BCUT2D eigenvalue weighted by Gasteiger charge is 2.22. The highest BCUT2D eigenvalue weighted by Crippen LogP contribution is 2.38. The fourth-order valence-corrected chi connectivity index (χ4v) is 3.48. The van der Waals surface area contributed by atoms with Crippen LogP contribution >= 0.6 is 15.9 Å². The van der Waals surface area contributed by atoms with Crippen LogP contribution in [0.3, 0.4) is 0 Å². The summed E-state index contributed by atoms with van der Waals surface area (Å²) in [5.41, 5.74) is 0.116. The minimum Gasteiger partial charge on any atom is -0.493 e. The van der Waals surface area contributed by atoms with Crippen molar-refractivity contribution in [1.82, 2.24) is 9.66 Å². The number of halogens is 1. The maximum absolute atomic E-state index is 13.2. The van der Waals surface area contributed by atoms with Crippen molar-refractivity contribution >= 4 is 38.7 Å². The van der Waals surface area contributed by atoms with Crippen LogP contribution in [0.4, 0.5) is 5.69 Å². The van der Waals surface area contributed by atoms with Gasteiger partial charge < -0.3 is 9.47 Å². The summed E-state index contributed by atoms with van der Waals surface area (Å²) in [5.74, 6) is 0.324. The number of nitrogens with zero attached hydrogens (tertiary/aromatic N) is 5. The number of ether oxygens (including phenoxy) is 2. The summed E-state index contributed by atoms with van der Waals surface area (Å²) < 4.78 is 12.3. The minimum absolute atomic E-state index is 0.0615. The molecule has 0 aliphatic carbocycles. The van der Waals surface area contributed by atoms with Gasteiger partial charge in [-0.3, -0.25) is 14.9 Å². The Labute approximate surface area is 197 Å². The first-order valence-electron chi connectivity index (χ1n) is 9.93. The zero-order valence-corrected chi connectivity index (χ0v) is 19.7. The van der Waals surface area contributed by atoms with Gasteiger partial charge in [0.15, 0.2) is 12.4 Å². The molecule has 0 amide bonds. The van der Waals surface area contributed by atoms with Crippen LogP contribution in [0, 0.1) is 21.4 Å². The Morgan fingerprint density at radius 1 is 1.39 bits per heavy atom. The van der Waals surface area contributed by atoms with Crippen LogP contribution in [-0.2, 0) is 0 Å². The van der Waals surface area contributed by atoms with Crippen LogP contribution < -0.4 is 15.0 Å². The van der Waals surface area contributed by atoms with Crippen molar-refractivity contribution in [2.75, 3.05) is 13.7 Å². The van der Waals surface area contributed by atoms with Crippen LogP contribution in [0.5, 0.6) is 11.5 Å². The third-order valence-corrected chi connectivity index (χ3v) is 5.46. The third-order valence-electron chi connectivity index (χ3n) is 4.96. The molecule has 10 nitrogen and oxygen atoms in total. The molecule has 3 aromatic rings. The summed E-state index contributed by atoms with van der Waals surface area (Å²) in [6, 6.07) is 9.72. The zero-order valence-electron chi connectivity index (χ0n) is 18.1. The van der Waals surface area contributed by atoms with E-state index in [0.29, 0.717) is 22.3 Å². The average Bonchev–Trinajstić information content (AvgIpc) is 2.81. The summed E-state index contributed by atoms with van der Waals surface area (Å²) >= 11 is 3.37. The van der Waals surface area contributed by atoms with Crippen LogP contribution in [0.25, 0.3) is 10.9 Å². The van der Waals surface area contributed by atoms with Gasteiger partial charge in [-0.15, -0.1) is 0 Å². The predicted molar refractivity (Wildman–Crippen MR) is 126 cm³/mol. The normalized spacial score (nSPS) is 12.0. The van der Waals surface area contributed by atoms with Gasteiger partial charge in [0.1, 0.15) is 11.9 Å². The van der Waals surface area contributed by atoms with Crippen molar-refractivity contribution in [3.63, 3.8) is 0 Å². The number of hydrogen-bond donors (Lipinski definition) is 0.